The molecule has 0 aliphatic rings. The average Bonchev–Trinajstić information content (AvgIpc) is 2.16. The van der Waals surface area contributed by atoms with Crippen molar-refractivity contribution in [2.75, 3.05) is 24.2 Å². The van der Waals surface area contributed by atoms with Crippen LogP contribution in [0, 0.1) is 4.51 Å². The highest BCUT2D eigenvalue weighted by Gasteiger charge is 2.14. The van der Waals surface area contributed by atoms with E-state index in [9.17, 15) is 4.79 Å². The summed E-state index contributed by atoms with van der Waals surface area (Å²) in [5.74, 6) is 0. The van der Waals surface area contributed by atoms with Gasteiger partial charge in [-0.3, -0.25) is 4.79 Å². The lowest BCUT2D eigenvalue weighted by atomic mass is 10.2. The molecule has 0 unspecified atom stereocenters. The molecule has 4 heteroatoms. The highest BCUT2D eigenvalue weighted by atomic mass is 32.1. The van der Waals surface area contributed by atoms with Gasteiger partial charge >= 0.3 is 0 Å². The molecular weight excluding hydrogens is 184 g/mol. The summed E-state index contributed by atoms with van der Waals surface area (Å²) in [6.07, 6.45) is 2.19. The summed E-state index contributed by atoms with van der Waals surface area (Å²) >= 11 is 4.87. The molecule has 0 amide bonds. The van der Waals surface area contributed by atoms with Crippen LogP contribution < -0.4 is 16.1 Å². The quantitative estimate of drug-likeness (QED) is 0.560. The van der Waals surface area contributed by atoms with Gasteiger partial charge in [-0.05, 0) is 6.42 Å². The van der Waals surface area contributed by atoms with E-state index in [4.69, 9.17) is 12.2 Å². The lowest BCUT2D eigenvalue weighted by Crippen LogP contribution is -2.20. The van der Waals surface area contributed by atoms with E-state index in [2.05, 4.69) is 17.6 Å². The van der Waals surface area contributed by atoms with Gasteiger partial charge in [-0.1, -0.05) is 25.6 Å². The fourth-order valence-electron chi connectivity index (χ4n) is 1.19. The fraction of sp³-hybridized carbons (Fsp3) is 0.556. The van der Waals surface area contributed by atoms with Gasteiger partial charge in [0.25, 0.3) is 0 Å². The predicted octanol–water partition coefficient (Wildman–Crippen LogP) is 1.91. The minimum Gasteiger partial charge on any atom is -0.385 e. The molecule has 13 heavy (non-hydrogen) atoms. The molecule has 2 N–H and O–H groups in total. The Morgan fingerprint density at radius 3 is 2.62 bits per heavy atom. The van der Waals surface area contributed by atoms with Crippen LogP contribution >= 0.6 is 12.2 Å². The van der Waals surface area contributed by atoms with Crippen molar-refractivity contribution in [3.8, 4) is 0 Å². The van der Waals surface area contributed by atoms with E-state index in [1.165, 1.54) is 0 Å². The second-order valence-corrected chi connectivity index (χ2v) is 3.35. The molecule has 0 aromatic heterocycles. The zero-order chi connectivity index (χ0) is 9.84. The molecule has 0 fully saturated rings. The Hall–Kier alpha value is -0.900. The van der Waals surface area contributed by atoms with E-state index in [-0.39, 0.29) is 5.43 Å². The van der Waals surface area contributed by atoms with E-state index in [0.29, 0.717) is 10.2 Å². The van der Waals surface area contributed by atoms with Crippen molar-refractivity contribution in [1.29, 1.82) is 0 Å². The summed E-state index contributed by atoms with van der Waals surface area (Å²) in [6, 6.07) is 0. The Morgan fingerprint density at radius 1 is 1.38 bits per heavy atom. The molecule has 1 rings (SSSR count). The maximum absolute atomic E-state index is 11.2. The molecule has 72 valence electrons. The molecule has 0 saturated heterocycles. The van der Waals surface area contributed by atoms with Gasteiger partial charge in [0.2, 0.25) is 5.43 Å². The van der Waals surface area contributed by atoms with E-state index in [1.807, 2.05) is 0 Å². The van der Waals surface area contributed by atoms with Crippen molar-refractivity contribution in [2.24, 2.45) is 0 Å². The second kappa shape index (κ2) is 4.37. The summed E-state index contributed by atoms with van der Waals surface area (Å²) in [5.41, 5.74) is 1.41. The Morgan fingerprint density at radius 2 is 2.08 bits per heavy atom. The van der Waals surface area contributed by atoms with Crippen LogP contribution in [0.1, 0.15) is 19.8 Å². The van der Waals surface area contributed by atoms with Crippen LogP contribution in [0.3, 0.4) is 0 Å². The van der Waals surface area contributed by atoms with Gasteiger partial charge in [-0.25, -0.2) is 0 Å². The molecule has 0 heterocycles. The highest BCUT2D eigenvalue weighted by molar-refractivity contribution is 7.71. The van der Waals surface area contributed by atoms with Gasteiger partial charge in [0.1, 0.15) is 10.2 Å². The second-order valence-electron chi connectivity index (χ2n) is 2.94. The van der Waals surface area contributed by atoms with Crippen LogP contribution in [0.4, 0.5) is 11.4 Å². The molecule has 3 nitrogen and oxygen atoms in total. The standard InChI is InChI=1S/C9H14N2OS/c1-3-4-5-11-6-7(10-2)9(13)8(6)12/h10-11H,3-5H2,1-2H3. The van der Waals surface area contributed by atoms with Gasteiger partial charge in [-0.15, -0.1) is 0 Å². The molecule has 0 atom stereocenters. The Bertz CT molecular complexity index is 352. The van der Waals surface area contributed by atoms with Crippen molar-refractivity contribution in [3.63, 3.8) is 0 Å². The third kappa shape index (κ3) is 1.88. The van der Waals surface area contributed by atoms with E-state index >= 15 is 0 Å². The molecule has 1 aromatic rings. The summed E-state index contributed by atoms with van der Waals surface area (Å²) in [5, 5.41) is 5.99. The summed E-state index contributed by atoms with van der Waals surface area (Å²) < 4.78 is 0.418. The maximum Gasteiger partial charge on any atom is 0.223 e. The number of unbranched alkanes of at least 4 members (excludes halogenated alkanes) is 1. The van der Waals surface area contributed by atoms with Crippen LogP contribution in [0.5, 0.6) is 0 Å². The molecule has 0 radical (unpaired) electrons. The summed E-state index contributed by atoms with van der Waals surface area (Å²) in [7, 11) is 1.77. The van der Waals surface area contributed by atoms with Crippen LogP contribution in [-0.2, 0) is 0 Å². The number of hydrogen-bond acceptors (Lipinski definition) is 4. The maximum atomic E-state index is 11.2. The molecule has 0 saturated carbocycles. The fourth-order valence-corrected chi connectivity index (χ4v) is 1.50. The number of hydrogen-bond donors (Lipinski definition) is 2. The lowest BCUT2D eigenvalue weighted by Gasteiger charge is -2.13. The predicted molar refractivity (Wildman–Crippen MR) is 58.9 cm³/mol. The smallest absolute Gasteiger partial charge is 0.223 e. The zero-order valence-electron chi connectivity index (χ0n) is 7.94. The molecule has 0 bridgehead atoms. The van der Waals surface area contributed by atoms with Crippen molar-refractivity contribution < 1.29 is 0 Å². The summed E-state index contributed by atoms with van der Waals surface area (Å²) in [6.45, 7) is 2.95. The molecular formula is C9H14N2OS. The molecule has 0 spiro atoms. The first-order chi connectivity index (χ1) is 6.22. The van der Waals surface area contributed by atoms with Crippen molar-refractivity contribution in [1.82, 2.24) is 0 Å². The third-order valence-electron chi connectivity index (χ3n) is 1.99. The van der Waals surface area contributed by atoms with Crippen LogP contribution in [0.15, 0.2) is 4.79 Å². The van der Waals surface area contributed by atoms with E-state index in [1.54, 1.807) is 7.05 Å². The Kier molecular flexibility index (Phi) is 3.42. The largest absolute Gasteiger partial charge is 0.385 e. The van der Waals surface area contributed by atoms with Gasteiger partial charge in [0.15, 0.2) is 0 Å². The average molecular weight is 198 g/mol. The van der Waals surface area contributed by atoms with Crippen LogP contribution in [0.2, 0.25) is 0 Å². The Balaban J connectivity index is 2.62. The lowest BCUT2D eigenvalue weighted by molar-refractivity contribution is 0.833. The van der Waals surface area contributed by atoms with Gasteiger partial charge in [0.05, 0.1) is 5.69 Å². The van der Waals surface area contributed by atoms with E-state index < -0.39 is 0 Å². The van der Waals surface area contributed by atoms with Gasteiger partial charge in [0, 0.05) is 13.6 Å². The SMILES string of the molecule is CCCCNc1c(NC)c(=S)c1=O. The molecule has 0 aliphatic carbocycles. The first-order valence-electron chi connectivity index (χ1n) is 4.47. The number of rotatable bonds is 5. The van der Waals surface area contributed by atoms with Crippen molar-refractivity contribution in [3.05, 3.63) is 14.7 Å². The van der Waals surface area contributed by atoms with Gasteiger partial charge < -0.3 is 10.6 Å². The highest BCUT2D eigenvalue weighted by Crippen LogP contribution is 2.21. The first-order valence-corrected chi connectivity index (χ1v) is 4.88. The number of nitrogens with one attached hydrogen (secondary N) is 2. The Labute approximate surface area is 82.9 Å². The molecule has 1 aromatic carbocycles. The van der Waals surface area contributed by atoms with Gasteiger partial charge in [-0.2, -0.15) is 0 Å². The topological polar surface area (TPSA) is 41.1 Å². The van der Waals surface area contributed by atoms with Crippen LogP contribution in [-0.4, -0.2) is 13.6 Å². The normalized spacial score (nSPS) is 10.3. The van der Waals surface area contributed by atoms with Crippen LogP contribution in [0.25, 0.3) is 0 Å². The monoisotopic (exact) mass is 198 g/mol. The summed E-state index contributed by atoms with van der Waals surface area (Å²) in [4.78, 5) is 11.2. The zero-order valence-corrected chi connectivity index (χ0v) is 8.75. The van der Waals surface area contributed by atoms with Crippen molar-refractivity contribution >= 4 is 23.6 Å². The number of anilines is 2. The van der Waals surface area contributed by atoms with E-state index in [0.717, 1.165) is 25.1 Å². The minimum atomic E-state index is -0.0320. The van der Waals surface area contributed by atoms with Crippen molar-refractivity contribution in [2.45, 2.75) is 19.8 Å². The molecule has 0 aliphatic heterocycles. The third-order valence-corrected chi connectivity index (χ3v) is 2.38. The minimum absolute atomic E-state index is 0.0320. The first kappa shape index (κ1) is 10.2.